The van der Waals surface area contributed by atoms with E-state index in [2.05, 4.69) is 21.2 Å². The molecule has 1 nitrogen and oxygen atoms in total. The first kappa shape index (κ1) is 14.9. The monoisotopic (exact) mass is 343 g/mol. The van der Waals surface area contributed by atoms with E-state index in [0.717, 1.165) is 16.2 Å². The molecule has 106 valence electrons. The smallest absolute Gasteiger partial charge is 0.379 e. The molecule has 1 unspecified atom stereocenters. The van der Waals surface area contributed by atoms with Crippen molar-refractivity contribution in [2.45, 2.75) is 19.1 Å². The minimum atomic E-state index is -4.34. The molecule has 2 aromatic carbocycles. The lowest BCUT2D eigenvalue weighted by molar-refractivity contribution is -0.138. The number of nitrogens with one attached hydrogen (secondary N) is 1. The van der Waals surface area contributed by atoms with E-state index in [4.69, 9.17) is 0 Å². The summed E-state index contributed by atoms with van der Waals surface area (Å²) in [5.41, 5.74) is 0.415. The summed E-state index contributed by atoms with van der Waals surface area (Å²) in [6.45, 7) is 1.71. The molecular weight excluding hydrogens is 331 g/mol. The van der Waals surface area contributed by atoms with Gasteiger partial charge in [-0.15, -0.1) is 0 Å². The van der Waals surface area contributed by atoms with Crippen molar-refractivity contribution in [3.05, 3.63) is 64.1 Å². The molecule has 5 heteroatoms. The Morgan fingerprint density at radius 3 is 2.20 bits per heavy atom. The van der Waals surface area contributed by atoms with Crippen molar-refractivity contribution < 1.29 is 13.2 Å². The summed E-state index contributed by atoms with van der Waals surface area (Å²) in [7, 11) is 0. The number of rotatable bonds is 3. The Morgan fingerprint density at radius 2 is 1.60 bits per heavy atom. The molecule has 20 heavy (non-hydrogen) atoms. The van der Waals surface area contributed by atoms with Crippen LogP contribution in [0.5, 0.6) is 0 Å². The number of hydrogen-bond acceptors (Lipinski definition) is 1. The fourth-order valence-corrected chi connectivity index (χ4v) is 2.27. The molecule has 0 saturated heterocycles. The molecule has 0 amide bonds. The van der Waals surface area contributed by atoms with Gasteiger partial charge in [0, 0.05) is 16.2 Å². The molecule has 1 atom stereocenters. The minimum Gasteiger partial charge on any atom is -0.379 e. The first-order valence-corrected chi connectivity index (χ1v) is 6.85. The molecule has 2 aromatic rings. The molecule has 2 rings (SSSR count). The summed E-state index contributed by atoms with van der Waals surface area (Å²) in [6.07, 6.45) is -4.34. The van der Waals surface area contributed by atoms with Crippen LogP contribution in [0.3, 0.4) is 0 Å². The summed E-state index contributed by atoms with van der Waals surface area (Å²) in [4.78, 5) is 0. The Morgan fingerprint density at radius 1 is 1.00 bits per heavy atom. The highest BCUT2D eigenvalue weighted by Crippen LogP contribution is 2.35. The molecule has 0 saturated carbocycles. The van der Waals surface area contributed by atoms with Crippen LogP contribution in [0.4, 0.5) is 18.9 Å². The second-order valence-electron chi connectivity index (χ2n) is 4.46. The van der Waals surface area contributed by atoms with Crippen molar-refractivity contribution in [1.29, 1.82) is 0 Å². The van der Waals surface area contributed by atoms with Crippen molar-refractivity contribution in [3.63, 3.8) is 0 Å². The summed E-state index contributed by atoms with van der Waals surface area (Å²) in [5, 5.41) is 3.08. The highest BCUT2D eigenvalue weighted by Gasteiger charge is 2.34. The van der Waals surface area contributed by atoms with Gasteiger partial charge in [0.25, 0.3) is 0 Å². The number of halogens is 4. The van der Waals surface area contributed by atoms with Gasteiger partial charge in [0.15, 0.2) is 0 Å². The Hall–Kier alpha value is -1.49. The van der Waals surface area contributed by atoms with Gasteiger partial charge in [0.2, 0.25) is 0 Å². The van der Waals surface area contributed by atoms with Gasteiger partial charge in [-0.05, 0) is 42.8 Å². The molecule has 0 aliphatic carbocycles. The van der Waals surface area contributed by atoms with Gasteiger partial charge < -0.3 is 5.32 Å². The first-order valence-electron chi connectivity index (χ1n) is 6.06. The van der Waals surface area contributed by atoms with Crippen LogP contribution in [-0.4, -0.2) is 0 Å². The standard InChI is InChI=1S/C15H13BrF3N/c1-10(20-12-8-6-11(16)7-9-12)13-4-2-3-5-14(13)15(17,18)19/h2-10,20H,1H3. The summed E-state index contributed by atoms with van der Waals surface area (Å²) < 4.78 is 39.8. The van der Waals surface area contributed by atoms with E-state index in [0.29, 0.717) is 0 Å². The molecule has 0 radical (unpaired) electrons. The Bertz CT molecular complexity index is 578. The lowest BCUT2D eigenvalue weighted by Crippen LogP contribution is -2.15. The van der Waals surface area contributed by atoms with Gasteiger partial charge in [0.05, 0.1) is 5.56 Å². The van der Waals surface area contributed by atoms with Crippen molar-refractivity contribution in [1.82, 2.24) is 0 Å². The third-order valence-electron chi connectivity index (χ3n) is 2.96. The molecular formula is C15H13BrF3N. The van der Waals surface area contributed by atoms with Gasteiger partial charge in [-0.2, -0.15) is 13.2 Å². The summed E-state index contributed by atoms with van der Waals surface area (Å²) in [5.74, 6) is 0. The quantitative estimate of drug-likeness (QED) is 0.760. The van der Waals surface area contributed by atoms with Gasteiger partial charge in [-0.1, -0.05) is 34.1 Å². The maximum atomic E-state index is 13.0. The minimum absolute atomic E-state index is 0.239. The van der Waals surface area contributed by atoms with Crippen molar-refractivity contribution in [2.75, 3.05) is 5.32 Å². The van der Waals surface area contributed by atoms with Gasteiger partial charge >= 0.3 is 6.18 Å². The van der Waals surface area contributed by atoms with Crippen molar-refractivity contribution >= 4 is 21.6 Å². The van der Waals surface area contributed by atoms with Gasteiger partial charge in [-0.3, -0.25) is 0 Å². The number of anilines is 1. The predicted octanol–water partition coefficient (Wildman–Crippen LogP) is 5.64. The number of hydrogen-bond donors (Lipinski definition) is 1. The summed E-state index contributed by atoms with van der Waals surface area (Å²) >= 11 is 3.32. The first-order chi connectivity index (χ1) is 9.38. The molecule has 0 heterocycles. The zero-order valence-corrected chi connectivity index (χ0v) is 12.3. The van der Waals surface area contributed by atoms with E-state index in [1.54, 1.807) is 13.0 Å². The average molecular weight is 344 g/mol. The molecule has 0 aliphatic rings. The van der Waals surface area contributed by atoms with Crippen molar-refractivity contribution in [3.8, 4) is 0 Å². The van der Waals surface area contributed by atoms with E-state index < -0.39 is 17.8 Å². The SMILES string of the molecule is CC(Nc1ccc(Br)cc1)c1ccccc1C(F)(F)F. The largest absolute Gasteiger partial charge is 0.416 e. The third kappa shape index (κ3) is 3.54. The molecule has 0 fully saturated rings. The van der Waals surface area contributed by atoms with E-state index in [9.17, 15) is 13.2 Å². The van der Waals surface area contributed by atoms with Crippen LogP contribution < -0.4 is 5.32 Å². The van der Waals surface area contributed by atoms with E-state index in [1.165, 1.54) is 12.1 Å². The highest BCUT2D eigenvalue weighted by molar-refractivity contribution is 9.10. The van der Waals surface area contributed by atoms with Crippen LogP contribution in [0.15, 0.2) is 53.0 Å². The second kappa shape index (κ2) is 5.87. The number of alkyl halides is 3. The van der Waals surface area contributed by atoms with Crippen LogP contribution in [0.25, 0.3) is 0 Å². The maximum absolute atomic E-state index is 13.0. The predicted molar refractivity (Wildman–Crippen MR) is 77.6 cm³/mol. The highest BCUT2D eigenvalue weighted by atomic mass is 79.9. The maximum Gasteiger partial charge on any atom is 0.416 e. The van der Waals surface area contributed by atoms with E-state index in [-0.39, 0.29) is 5.56 Å². The Balaban J connectivity index is 2.25. The molecule has 0 spiro atoms. The molecule has 0 aromatic heterocycles. The number of benzene rings is 2. The Kier molecular flexibility index (Phi) is 4.38. The van der Waals surface area contributed by atoms with Crippen LogP contribution in [-0.2, 0) is 6.18 Å². The normalized spacial score (nSPS) is 13.1. The zero-order valence-electron chi connectivity index (χ0n) is 10.7. The average Bonchev–Trinajstić information content (AvgIpc) is 2.40. The van der Waals surface area contributed by atoms with E-state index in [1.807, 2.05) is 24.3 Å². The van der Waals surface area contributed by atoms with Crippen LogP contribution in [0.2, 0.25) is 0 Å². The molecule has 1 N–H and O–H groups in total. The lowest BCUT2D eigenvalue weighted by Gasteiger charge is -2.20. The van der Waals surface area contributed by atoms with Crippen LogP contribution in [0.1, 0.15) is 24.1 Å². The molecule has 0 bridgehead atoms. The fourth-order valence-electron chi connectivity index (χ4n) is 2.01. The molecule has 0 aliphatic heterocycles. The second-order valence-corrected chi connectivity index (χ2v) is 5.37. The van der Waals surface area contributed by atoms with Crippen LogP contribution in [0, 0.1) is 0 Å². The summed E-state index contributed by atoms with van der Waals surface area (Å²) in [6, 6.07) is 12.5. The van der Waals surface area contributed by atoms with Gasteiger partial charge in [-0.25, -0.2) is 0 Å². The Labute approximate surface area is 123 Å². The third-order valence-corrected chi connectivity index (χ3v) is 3.49. The van der Waals surface area contributed by atoms with Crippen LogP contribution >= 0.6 is 15.9 Å². The van der Waals surface area contributed by atoms with Gasteiger partial charge in [0.1, 0.15) is 0 Å². The van der Waals surface area contributed by atoms with Crippen molar-refractivity contribution in [2.24, 2.45) is 0 Å². The fraction of sp³-hybridized carbons (Fsp3) is 0.200. The topological polar surface area (TPSA) is 12.0 Å². The van der Waals surface area contributed by atoms with E-state index >= 15 is 0 Å². The lowest BCUT2D eigenvalue weighted by atomic mass is 10.0. The zero-order chi connectivity index (χ0) is 14.8.